The fourth-order valence-electron chi connectivity index (χ4n) is 1.58. The molecular formula is C13H16N2. The summed E-state index contributed by atoms with van der Waals surface area (Å²) in [6.45, 7) is 5.23. The molecule has 0 aliphatic carbocycles. The second kappa shape index (κ2) is 4.30. The molecule has 2 rings (SSSR count). The maximum atomic E-state index is 4.43. The van der Waals surface area contributed by atoms with Crippen LogP contribution < -0.4 is 0 Å². The minimum absolute atomic E-state index is 0.615. The van der Waals surface area contributed by atoms with Gasteiger partial charge in [0.25, 0.3) is 0 Å². The number of hydrogen-bond donors (Lipinski definition) is 1. The molecule has 0 radical (unpaired) electrons. The highest BCUT2D eigenvalue weighted by atomic mass is 14.7. The summed E-state index contributed by atoms with van der Waals surface area (Å²) in [7, 11) is 0. The van der Waals surface area contributed by atoms with Gasteiger partial charge in [0.05, 0.1) is 5.52 Å². The second-order valence-corrected chi connectivity index (χ2v) is 4.18. The maximum Gasteiger partial charge on any atom is 0.0542 e. The van der Waals surface area contributed by atoms with Crippen molar-refractivity contribution in [1.82, 2.24) is 4.98 Å². The molecule has 0 amide bonds. The van der Waals surface area contributed by atoms with Gasteiger partial charge in [-0.3, -0.25) is 4.99 Å². The summed E-state index contributed by atoms with van der Waals surface area (Å²) in [6.07, 6.45) is 3.92. The quantitative estimate of drug-likeness (QED) is 0.737. The Morgan fingerprint density at radius 2 is 2.20 bits per heavy atom. The molecule has 1 heterocycles. The van der Waals surface area contributed by atoms with E-state index in [0.717, 1.165) is 12.1 Å². The van der Waals surface area contributed by atoms with Crippen molar-refractivity contribution >= 4 is 17.1 Å². The van der Waals surface area contributed by atoms with E-state index in [0.29, 0.717) is 5.92 Å². The molecule has 0 saturated carbocycles. The van der Waals surface area contributed by atoms with Crippen LogP contribution in [0.1, 0.15) is 19.4 Å². The number of aliphatic imine (C=N–C) groups is 1. The molecule has 0 atom stereocenters. The number of benzene rings is 1. The van der Waals surface area contributed by atoms with Gasteiger partial charge in [0.2, 0.25) is 0 Å². The van der Waals surface area contributed by atoms with Gasteiger partial charge in [0, 0.05) is 29.9 Å². The van der Waals surface area contributed by atoms with E-state index in [1.165, 1.54) is 10.9 Å². The van der Waals surface area contributed by atoms with Crippen LogP contribution in [0.25, 0.3) is 10.9 Å². The lowest BCUT2D eigenvalue weighted by molar-refractivity contribution is 0.667. The van der Waals surface area contributed by atoms with Crippen LogP contribution in [0.5, 0.6) is 0 Å². The molecule has 1 N–H and O–H groups in total. The van der Waals surface area contributed by atoms with Crippen LogP contribution >= 0.6 is 0 Å². The smallest absolute Gasteiger partial charge is 0.0542 e. The summed E-state index contributed by atoms with van der Waals surface area (Å²) < 4.78 is 0. The van der Waals surface area contributed by atoms with Gasteiger partial charge in [0.1, 0.15) is 0 Å². The standard InChI is InChI=1S/C13H16N2/c1-10(2)8-14-9-12-5-3-4-11-6-7-15-13(11)12/h3-7,9-10,15H,8H2,1-2H3/b14-9+. The van der Waals surface area contributed by atoms with Gasteiger partial charge in [-0.15, -0.1) is 0 Å². The highest BCUT2D eigenvalue weighted by Crippen LogP contribution is 2.15. The summed E-state index contributed by atoms with van der Waals surface area (Å²) in [5, 5.41) is 1.24. The Balaban J connectivity index is 2.27. The van der Waals surface area contributed by atoms with Crippen LogP contribution in [-0.2, 0) is 0 Å². The lowest BCUT2D eigenvalue weighted by Gasteiger charge is -1.98. The molecule has 0 spiro atoms. The number of aromatic amines is 1. The topological polar surface area (TPSA) is 28.1 Å². The molecule has 2 heteroatoms. The van der Waals surface area contributed by atoms with E-state index in [-0.39, 0.29) is 0 Å². The molecule has 1 aromatic carbocycles. The number of aromatic nitrogens is 1. The monoisotopic (exact) mass is 200 g/mol. The zero-order chi connectivity index (χ0) is 10.7. The molecule has 0 bridgehead atoms. The minimum atomic E-state index is 0.615. The van der Waals surface area contributed by atoms with Gasteiger partial charge in [-0.1, -0.05) is 32.0 Å². The Bertz CT molecular complexity index is 466. The molecule has 0 aliphatic rings. The molecular weight excluding hydrogens is 184 g/mol. The molecule has 0 saturated heterocycles. The Morgan fingerprint density at radius 1 is 1.33 bits per heavy atom. The number of rotatable bonds is 3. The van der Waals surface area contributed by atoms with Crippen molar-refractivity contribution in [3.63, 3.8) is 0 Å². The minimum Gasteiger partial charge on any atom is -0.361 e. The third kappa shape index (κ3) is 2.27. The number of H-pyrrole nitrogens is 1. The molecule has 0 aliphatic heterocycles. The highest BCUT2D eigenvalue weighted by Gasteiger charge is 1.98. The van der Waals surface area contributed by atoms with E-state index in [2.05, 4.69) is 48.1 Å². The Morgan fingerprint density at radius 3 is 3.00 bits per heavy atom. The Kier molecular flexibility index (Phi) is 2.86. The lowest BCUT2D eigenvalue weighted by Crippen LogP contribution is -1.93. The van der Waals surface area contributed by atoms with Crippen molar-refractivity contribution in [3.8, 4) is 0 Å². The van der Waals surface area contributed by atoms with Crippen molar-refractivity contribution in [2.75, 3.05) is 6.54 Å². The van der Waals surface area contributed by atoms with E-state index < -0.39 is 0 Å². The first-order chi connectivity index (χ1) is 7.27. The Labute approximate surface area is 90.0 Å². The van der Waals surface area contributed by atoms with Crippen molar-refractivity contribution in [3.05, 3.63) is 36.0 Å². The van der Waals surface area contributed by atoms with E-state index in [1.807, 2.05) is 12.4 Å². The van der Waals surface area contributed by atoms with Crippen molar-refractivity contribution in [2.45, 2.75) is 13.8 Å². The highest BCUT2D eigenvalue weighted by molar-refractivity contribution is 5.97. The predicted molar refractivity (Wildman–Crippen MR) is 65.6 cm³/mol. The van der Waals surface area contributed by atoms with Crippen LogP contribution in [0.2, 0.25) is 0 Å². The van der Waals surface area contributed by atoms with Gasteiger partial charge in [-0.25, -0.2) is 0 Å². The van der Waals surface area contributed by atoms with Gasteiger partial charge in [0.15, 0.2) is 0 Å². The maximum absolute atomic E-state index is 4.43. The first-order valence-corrected chi connectivity index (χ1v) is 5.33. The van der Waals surface area contributed by atoms with Crippen LogP contribution in [-0.4, -0.2) is 17.7 Å². The lowest BCUT2D eigenvalue weighted by atomic mass is 10.1. The number of nitrogens with one attached hydrogen (secondary N) is 1. The first kappa shape index (κ1) is 9.97. The third-order valence-electron chi connectivity index (χ3n) is 2.32. The fraction of sp³-hybridized carbons (Fsp3) is 0.308. The van der Waals surface area contributed by atoms with Crippen LogP contribution in [0.3, 0.4) is 0 Å². The Hall–Kier alpha value is -1.57. The summed E-state index contributed by atoms with van der Waals surface area (Å²) >= 11 is 0. The number of fused-ring (bicyclic) bond motifs is 1. The van der Waals surface area contributed by atoms with Crippen molar-refractivity contribution < 1.29 is 0 Å². The number of para-hydroxylation sites is 1. The summed E-state index contributed by atoms with van der Waals surface area (Å²) in [5.74, 6) is 0.615. The number of hydrogen-bond acceptors (Lipinski definition) is 1. The molecule has 1 aromatic heterocycles. The van der Waals surface area contributed by atoms with E-state index >= 15 is 0 Å². The van der Waals surface area contributed by atoms with Crippen molar-refractivity contribution in [1.29, 1.82) is 0 Å². The predicted octanol–water partition coefficient (Wildman–Crippen LogP) is 3.24. The zero-order valence-corrected chi connectivity index (χ0v) is 9.20. The fourth-order valence-corrected chi connectivity index (χ4v) is 1.58. The first-order valence-electron chi connectivity index (χ1n) is 5.33. The van der Waals surface area contributed by atoms with E-state index in [1.54, 1.807) is 0 Å². The summed E-state index contributed by atoms with van der Waals surface area (Å²) in [6, 6.07) is 8.33. The molecule has 0 fully saturated rings. The van der Waals surface area contributed by atoms with E-state index in [4.69, 9.17) is 0 Å². The van der Waals surface area contributed by atoms with Gasteiger partial charge >= 0.3 is 0 Å². The van der Waals surface area contributed by atoms with E-state index in [9.17, 15) is 0 Å². The van der Waals surface area contributed by atoms with Crippen LogP contribution in [0, 0.1) is 5.92 Å². The molecule has 15 heavy (non-hydrogen) atoms. The second-order valence-electron chi connectivity index (χ2n) is 4.18. The zero-order valence-electron chi connectivity index (χ0n) is 9.20. The molecule has 2 aromatic rings. The van der Waals surface area contributed by atoms with Crippen LogP contribution in [0.15, 0.2) is 35.5 Å². The van der Waals surface area contributed by atoms with Gasteiger partial charge in [-0.05, 0) is 12.0 Å². The average Bonchev–Trinajstić information content (AvgIpc) is 2.65. The summed E-state index contributed by atoms with van der Waals surface area (Å²) in [5.41, 5.74) is 2.34. The van der Waals surface area contributed by atoms with Gasteiger partial charge in [-0.2, -0.15) is 0 Å². The van der Waals surface area contributed by atoms with Crippen LogP contribution in [0.4, 0.5) is 0 Å². The summed E-state index contributed by atoms with van der Waals surface area (Å²) in [4.78, 5) is 7.66. The third-order valence-corrected chi connectivity index (χ3v) is 2.32. The largest absolute Gasteiger partial charge is 0.361 e. The SMILES string of the molecule is CC(C)C/N=C/c1cccc2cc[nH]c12. The normalized spacial score (nSPS) is 11.9. The van der Waals surface area contributed by atoms with Crippen molar-refractivity contribution in [2.24, 2.45) is 10.9 Å². The molecule has 0 unspecified atom stereocenters. The van der Waals surface area contributed by atoms with Gasteiger partial charge < -0.3 is 4.98 Å². The molecule has 78 valence electrons. The number of nitrogens with zero attached hydrogens (tertiary/aromatic N) is 1. The average molecular weight is 200 g/mol. The molecule has 2 nitrogen and oxygen atoms in total.